The van der Waals surface area contributed by atoms with E-state index < -0.39 is 21.4 Å². The van der Waals surface area contributed by atoms with Crippen LogP contribution in [-0.2, 0) is 19.4 Å². The van der Waals surface area contributed by atoms with E-state index in [1.165, 1.54) is 6.07 Å². The van der Waals surface area contributed by atoms with Gasteiger partial charge in [-0.1, -0.05) is 53.2 Å². The molecule has 3 rings (SSSR count). The highest BCUT2D eigenvalue weighted by Gasteiger charge is 2.18. The molecule has 0 bridgehead atoms. The average Bonchev–Trinajstić information content (AvgIpc) is 2.75. The fourth-order valence-corrected chi connectivity index (χ4v) is 4.37. The van der Waals surface area contributed by atoms with Crippen LogP contribution in [0.4, 0.5) is 0 Å². The van der Waals surface area contributed by atoms with Crippen LogP contribution < -0.4 is 4.74 Å². The van der Waals surface area contributed by atoms with Crippen molar-refractivity contribution >= 4 is 39.0 Å². The van der Waals surface area contributed by atoms with Gasteiger partial charge in [0.1, 0.15) is 11.4 Å². The molecule has 0 fully saturated rings. The van der Waals surface area contributed by atoms with Crippen molar-refractivity contribution in [1.29, 1.82) is 0 Å². The lowest BCUT2D eigenvalue weighted by Crippen LogP contribution is -2.27. The molecule has 182 valence electrons. The first-order valence-electron chi connectivity index (χ1n) is 10.6. The first-order chi connectivity index (χ1) is 16.3. The van der Waals surface area contributed by atoms with Gasteiger partial charge in [0.25, 0.3) is 0 Å². The van der Waals surface area contributed by atoms with E-state index >= 15 is 0 Å². The number of hydrogen-bond acceptors (Lipinski definition) is 5. The minimum absolute atomic E-state index is 0.152. The van der Waals surface area contributed by atoms with Crippen LogP contribution in [0.25, 0.3) is 11.1 Å². The normalized spacial score (nSPS) is 11.4. The molecular formula is C27H24Cl2O5S. The molecule has 0 atom stereocenters. The number of esters is 1. The molecule has 0 amide bonds. The lowest BCUT2D eigenvalue weighted by molar-refractivity contribution is -0.157. The molecule has 0 saturated heterocycles. The van der Waals surface area contributed by atoms with Crippen molar-refractivity contribution in [3.8, 4) is 28.7 Å². The highest BCUT2D eigenvalue weighted by atomic mass is 35.5. The molecule has 35 heavy (non-hydrogen) atoms. The van der Waals surface area contributed by atoms with Gasteiger partial charge in [-0.05, 0) is 68.8 Å². The van der Waals surface area contributed by atoms with Gasteiger partial charge in [-0.3, -0.25) is 0 Å². The standard InChI is InChI=1S/C27H24Cl2O5S/c1-27(2,3)34-26(30)17-33-24-14-12-22(29)16-20(24)7-5-18-6-13-23(25(15-18)35(4,31)32)19-8-10-21(28)11-9-19/h6,8-16H,17H2,1-4H3. The molecule has 0 aromatic heterocycles. The summed E-state index contributed by atoms with van der Waals surface area (Å²) in [7, 11) is -3.54. The predicted octanol–water partition coefficient (Wildman–Crippen LogP) is 6.18. The zero-order valence-corrected chi connectivity index (χ0v) is 22.0. The topological polar surface area (TPSA) is 69.7 Å². The van der Waals surface area contributed by atoms with Crippen LogP contribution in [0, 0.1) is 11.8 Å². The molecule has 0 spiro atoms. The maximum absolute atomic E-state index is 12.5. The Labute approximate surface area is 215 Å². The van der Waals surface area contributed by atoms with Crippen LogP contribution >= 0.6 is 23.2 Å². The van der Waals surface area contributed by atoms with Crippen molar-refractivity contribution in [3.63, 3.8) is 0 Å². The van der Waals surface area contributed by atoms with Crippen LogP contribution in [0.2, 0.25) is 10.0 Å². The van der Waals surface area contributed by atoms with Gasteiger partial charge in [0.2, 0.25) is 0 Å². The zero-order chi connectivity index (χ0) is 25.8. The Bertz CT molecular complexity index is 1410. The number of ether oxygens (including phenoxy) is 2. The molecule has 5 nitrogen and oxygen atoms in total. The number of sulfone groups is 1. The van der Waals surface area contributed by atoms with Crippen molar-refractivity contribution in [1.82, 2.24) is 0 Å². The lowest BCUT2D eigenvalue weighted by atomic mass is 10.0. The first-order valence-corrected chi connectivity index (χ1v) is 13.2. The minimum atomic E-state index is -3.54. The Morgan fingerprint density at radius 2 is 1.57 bits per heavy atom. The summed E-state index contributed by atoms with van der Waals surface area (Å²) < 4.78 is 35.9. The minimum Gasteiger partial charge on any atom is -0.481 e. The summed E-state index contributed by atoms with van der Waals surface area (Å²) in [5.41, 5.74) is 1.59. The summed E-state index contributed by atoms with van der Waals surface area (Å²) in [5, 5.41) is 0.997. The maximum atomic E-state index is 12.5. The Kier molecular flexibility index (Phi) is 8.17. The molecule has 0 saturated carbocycles. The Balaban J connectivity index is 1.93. The van der Waals surface area contributed by atoms with E-state index in [9.17, 15) is 13.2 Å². The molecule has 0 aliphatic carbocycles. The van der Waals surface area contributed by atoms with Crippen molar-refractivity contribution in [3.05, 3.63) is 81.8 Å². The molecule has 3 aromatic carbocycles. The average molecular weight is 531 g/mol. The van der Waals surface area contributed by atoms with E-state index in [0.29, 0.717) is 32.5 Å². The number of carbonyl (C=O) groups excluding carboxylic acids is 1. The van der Waals surface area contributed by atoms with E-state index in [0.717, 1.165) is 11.8 Å². The molecule has 0 radical (unpaired) electrons. The zero-order valence-electron chi connectivity index (χ0n) is 19.7. The van der Waals surface area contributed by atoms with Crippen molar-refractivity contribution in [2.75, 3.05) is 12.9 Å². The van der Waals surface area contributed by atoms with Gasteiger partial charge in [0.05, 0.1) is 10.5 Å². The summed E-state index contributed by atoms with van der Waals surface area (Å²) in [5.74, 6) is 5.77. The van der Waals surface area contributed by atoms with Crippen LogP contribution in [0.3, 0.4) is 0 Å². The molecule has 8 heteroatoms. The van der Waals surface area contributed by atoms with Gasteiger partial charge in [-0.25, -0.2) is 13.2 Å². The fraction of sp³-hybridized carbons (Fsp3) is 0.222. The molecule has 0 unspecified atom stereocenters. The third-order valence-electron chi connectivity index (χ3n) is 4.58. The second-order valence-corrected chi connectivity index (χ2v) is 11.6. The summed E-state index contributed by atoms with van der Waals surface area (Å²) >= 11 is 12.1. The molecule has 0 aliphatic rings. The van der Waals surface area contributed by atoms with Crippen LogP contribution in [0.15, 0.2) is 65.6 Å². The van der Waals surface area contributed by atoms with E-state index in [1.807, 2.05) is 0 Å². The SMILES string of the molecule is CC(C)(C)OC(=O)COc1ccc(Cl)cc1C#Cc1ccc(-c2ccc(Cl)cc2)c(S(C)(=O)=O)c1. The van der Waals surface area contributed by atoms with Gasteiger partial charge < -0.3 is 9.47 Å². The monoisotopic (exact) mass is 530 g/mol. The summed E-state index contributed by atoms with van der Waals surface area (Å²) in [6, 6.07) is 16.7. The highest BCUT2D eigenvalue weighted by molar-refractivity contribution is 7.90. The quantitative estimate of drug-likeness (QED) is 0.290. The molecule has 0 aliphatic heterocycles. The third-order valence-corrected chi connectivity index (χ3v) is 6.21. The Hall–Kier alpha value is -2.98. The van der Waals surface area contributed by atoms with Crippen LogP contribution in [0.1, 0.15) is 31.9 Å². The van der Waals surface area contributed by atoms with E-state index in [2.05, 4.69) is 11.8 Å². The van der Waals surface area contributed by atoms with Crippen LogP contribution in [-0.4, -0.2) is 32.9 Å². The van der Waals surface area contributed by atoms with Gasteiger partial charge in [0, 0.05) is 27.4 Å². The summed E-state index contributed by atoms with van der Waals surface area (Å²) in [6.07, 6.45) is 1.15. The smallest absolute Gasteiger partial charge is 0.344 e. The highest BCUT2D eigenvalue weighted by Crippen LogP contribution is 2.29. The van der Waals surface area contributed by atoms with Gasteiger partial charge >= 0.3 is 5.97 Å². The Morgan fingerprint density at radius 3 is 2.20 bits per heavy atom. The second-order valence-electron chi connectivity index (χ2n) is 8.76. The number of hydrogen-bond donors (Lipinski definition) is 0. The predicted molar refractivity (Wildman–Crippen MR) is 139 cm³/mol. The molecule has 0 N–H and O–H groups in total. The third kappa shape index (κ3) is 7.76. The van der Waals surface area contributed by atoms with Crippen molar-refractivity contribution < 1.29 is 22.7 Å². The van der Waals surface area contributed by atoms with E-state index in [4.69, 9.17) is 32.7 Å². The number of rotatable bonds is 5. The van der Waals surface area contributed by atoms with Gasteiger partial charge in [-0.2, -0.15) is 0 Å². The first kappa shape index (κ1) is 26.6. The number of carbonyl (C=O) groups is 1. The maximum Gasteiger partial charge on any atom is 0.344 e. The largest absolute Gasteiger partial charge is 0.481 e. The van der Waals surface area contributed by atoms with E-state index in [-0.39, 0.29) is 11.5 Å². The fourth-order valence-electron chi connectivity index (χ4n) is 3.15. The summed E-state index contributed by atoms with van der Waals surface area (Å²) in [4.78, 5) is 12.2. The van der Waals surface area contributed by atoms with E-state index in [1.54, 1.807) is 75.4 Å². The Morgan fingerprint density at radius 1 is 0.914 bits per heavy atom. The van der Waals surface area contributed by atoms with Crippen molar-refractivity contribution in [2.24, 2.45) is 0 Å². The lowest BCUT2D eigenvalue weighted by Gasteiger charge is -2.19. The molecule has 0 heterocycles. The summed E-state index contributed by atoms with van der Waals surface area (Å²) in [6.45, 7) is 5.02. The number of halogens is 2. The van der Waals surface area contributed by atoms with Gasteiger partial charge in [0.15, 0.2) is 16.4 Å². The molecular weight excluding hydrogens is 507 g/mol. The van der Waals surface area contributed by atoms with Crippen LogP contribution in [0.5, 0.6) is 5.75 Å². The van der Waals surface area contributed by atoms with Crippen molar-refractivity contribution in [2.45, 2.75) is 31.3 Å². The van der Waals surface area contributed by atoms with Gasteiger partial charge in [-0.15, -0.1) is 0 Å². The number of benzene rings is 3. The molecule has 3 aromatic rings. The second kappa shape index (κ2) is 10.7.